The van der Waals surface area contributed by atoms with Crippen LogP contribution in [0, 0.1) is 5.82 Å². The molecule has 0 amide bonds. The van der Waals surface area contributed by atoms with Crippen molar-refractivity contribution in [3.63, 3.8) is 0 Å². The fourth-order valence-electron chi connectivity index (χ4n) is 1.09. The van der Waals surface area contributed by atoms with Crippen LogP contribution in [0.25, 0.3) is 0 Å². The first kappa shape index (κ1) is 14.2. The lowest BCUT2D eigenvalue weighted by atomic mass is 10.3. The second-order valence-corrected chi connectivity index (χ2v) is 5.68. The van der Waals surface area contributed by atoms with Crippen LogP contribution in [0.2, 0.25) is 5.02 Å². The molecule has 8 heteroatoms. The lowest BCUT2D eigenvalue weighted by Crippen LogP contribution is -2.31. The van der Waals surface area contributed by atoms with E-state index in [1.165, 1.54) is 6.92 Å². The number of hydrogen-bond donors (Lipinski definition) is 3. The Hall–Kier alpha value is -0.890. The molecule has 96 valence electrons. The lowest BCUT2D eigenvalue weighted by molar-refractivity contribution is 0.198. The van der Waals surface area contributed by atoms with Crippen LogP contribution in [0.3, 0.4) is 0 Å². The summed E-state index contributed by atoms with van der Waals surface area (Å²) < 4.78 is 38.9. The van der Waals surface area contributed by atoms with Crippen molar-refractivity contribution >= 4 is 27.3 Å². The molecule has 0 aliphatic rings. The topological polar surface area (TPSA) is 92.4 Å². The van der Waals surface area contributed by atoms with Gasteiger partial charge in [-0.05, 0) is 19.1 Å². The molecule has 1 atom stereocenters. The molecule has 0 aromatic heterocycles. The Morgan fingerprint density at radius 2 is 2.18 bits per heavy atom. The summed E-state index contributed by atoms with van der Waals surface area (Å²) in [6, 6.07) is 2.07. The maximum absolute atomic E-state index is 13.5. The summed E-state index contributed by atoms with van der Waals surface area (Å²) >= 11 is 5.60. The van der Waals surface area contributed by atoms with Crippen molar-refractivity contribution in [3.8, 4) is 0 Å². The number of aliphatic hydroxyl groups excluding tert-OH is 1. The third kappa shape index (κ3) is 3.53. The number of anilines is 1. The van der Waals surface area contributed by atoms with Gasteiger partial charge in [0.25, 0.3) is 0 Å². The molecule has 0 spiro atoms. The van der Waals surface area contributed by atoms with Crippen LogP contribution < -0.4 is 10.5 Å². The van der Waals surface area contributed by atoms with E-state index < -0.39 is 26.8 Å². The van der Waals surface area contributed by atoms with Crippen LogP contribution >= 0.6 is 11.6 Å². The van der Waals surface area contributed by atoms with Gasteiger partial charge in [0.15, 0.2) is 5.82 Å². The summed E-state index contributed by atoms with van der Waals surface area (Å²) in [4.78, 5) is -0.636. The van der Waals surface area contributed by atoms with Gasteiger partial charge in [0.1, 0.15) is 4.90 Å². The van der Waals surface area contributed by atoms with Gasteiger partial charge in [-0.15, -0.1) is 0 Å². The first-order chi connectivity index (χ1) is 7.74. The van der Waals surface area contributed by atoms with Crippen molar-refractivity contribution in [2.24, 2.45) is 0 Å². The number of halogens is 2. The van der Waals surface area contributed by atoms with Crippen molar-refractivity contribution < 1.29 is 17.9 Å². The Labute approximate surface area is 103 Å². The number of rotatable bonds is 4. The average molecular weight is 283 g/mol. The molecule has 1 aromatic carbocycles. The minimum Gasteiger partial charge on any atom is -0.396 e. The van der Waals surface area contributed by atoms with E-state index in [0.29, 0.717) is 0 Å². The predicted octanol–water partition coefficient (Wildman–Crippen LogP) is 0.720. The van der Waals surface area contributed by atoms with Crippen molar-refractivity contribution in [3.05, 3.63) is 23.0 Å². The van der Waals surface area contributed by atoms with Gasteiger partial charge < -0.3 is 10.8 Å². The van der Waals surface area contributed by atoms with Crippen LogP contribution in [0.15, 0.2) is 17.0 Å². The number of aliphatic hydroxyl groups is 1. The van der Waals surface area contributed by atoms with E-state index in [0.717, 1.165) is 12.1 Å². The molecule has 0 saturated heterocycles. The van der Waals surface area contributed by atoms with Gasteiger partial charge in [-0.25, -0.2) is 17.5 Å². The van der Waals surface area contributed by atoms with E-state index in [4.69, 9.17) is 22.4 Å². The standard InChI is InChI=1S/C9H12ClFN2O3S/c1-5(14)4-13-17(15,16)8-3-6(10)2-7(12)9(8)11/h2-3,5,13-14H,4,12H2,1H3. The minimum atomic E-state index is -4.08. The van der Waals surface area contributed by atoms with Gasteiger partial charge in [0, 0.05) is 11.6 Å². The first-order valence-electron chi connectivity index (χ1n) is 4.66. The highest BCUT2D eigenvalue weighted by Crippen LogP contribution is 2.24. The van der Waals surface area contributed by atoms with E-state index in [1.807, 2.05) is 4.72 Å². The van der Waals surface area contributed by atoms with Gasteiger partial charge in [-0.3, -0.25) is 0 Å². The summed E-state index contributed by atoms with van der Waals surface area (Å²) in [6.45, 7) is 1.17. The lowest BCUT2D eigenvalue weighted by Gasteiger charge is -2.10. The molecule has 4 N–H and O–H groups in total. The van der Waals surface area contributed by atoms with Gasteiger partial charge in [0.2, 0.25) is 10.0 Å². The number of sulfonamides is 1. The molecule has 0 fully saturated rings. The van der Waals surface area contributed by atoms with E-state index in [-0.39, 0.29) is 17.3 Å². The second-order valence-electron chi connectivity index (χ2n) is 3.51. The molecular formula is C9H12ClFN2O3S. The molecule has 17 heavy (non-hydrogen) atoms. The molecule has 0 aliphatic heterocycles. The molecule has 0 radical (unpaired) electrons. The molecule has 0 aliphatic carbocycles. The quantitative estimate of drug-likeness (QED) is 0.710. The van der Waals surface area contributed by atoms with Gasteiger partial charge in [0.05, 0.1) is 11.8 Å². The van der Waals surface area contributed by atoms with Crippen LogP contribution in [-0.2, 0) is 10.0 Å². The van der Waals surface area contributed by atoms with E-state index in [1.54, 1.807) is 0 Å². The fourth-order valence-corrected chi connectivity index (χ4v) is 2.63. The van der Waals surface area contributed by atoms with Crippen LogP contribution in [-0.4, -0.2) is 26.2 Å². The number of nitrogens with one attached hydrogen (secondary N) is 1. The minimum absolute atomic E-state index is 0.0151. The smallest absolute Gasteiger partial charge is 0.243 e. The normalized spacial score (nSPS) is 13.6. The third-order valence-electron chi connectivity index (χ3n) is 1.89. The van der Waals surface area contributed by atoms with Crippen LogP contribution in [0.1, 0.15) is 6.92 Å². The van der Waals surface area contributed by atoms with Crippen molar-refractivity contribution in [1.29, 1.82) is 0 Å². The summed E-state index contributed by atoms with van der Waals surface area (Å²) in [6.07, 6.45) is -0.885. The molecular weight excluding hydrogens is 271 g/mol. The molecule has 1 aromatic rings. The number of nitrogens with two attached hydrogens (primary N) is 1. The summed E-state index contributed by atoms with van der Waals surface area (Å²) in [7, 11) is -4.08. The molecule has 0 bridgehead atoms. The fraction of sp³-hybridized carbons (Fsp3) is 0.333. The average Bonchev–Trinajstić information content (AvgIpc) is 2.20. The summed E-state index contributed by atoms with van der Waals surface area (Å²) in [5.74, 6) is -1.06. The zero-order valence-electron chi connectivity index (χ0n) is 8.94. The van der Waals surface area contributed by atoms with Gasteiger partial charge in [-0.1, -0.05) is 11.6 Å². The highest BCUT2D eigenvalue weighted by molar-refractivity contribution is 7.89. The van der Waals surface area contributed by atoms with Crippen molar-refractivity contribution in [2.45, 2.75) is 17.9 Å². The highest BCUT2D eigenvalue weighted by atomic mass is 35.5. The maximum atomic E-state index is 13.5. The Morgan fingerprint density at radius 3 is 2.71 bits per heavy atom. The van der Waals surface area contributed by atoms with E-state index in [9.17, 15) is 12.8 Å². The first-order valence-corrected chi connectivity index (χ1v) is 6.52. The Kier molecular flexibility index (Phi) is 4.31. The Bertz CT molecular complexity index is 519. The SMILES string of the molecule is CC(O)CNS(=O)(=O)c1cc(Cl)cc(N)c1F. The monoisotopic (exact) mass is 282 g/mol. The number of nitrogen functional groups attached to an aromatic ring is 1. The van der Waals surface area contributed by atoms with Crippen LogP contribution in [0.4, 0.5) is 10.1 Å². The molecule has 5 nitrogen and oxygen atoms in total. The Balaban J connectivity index is 3.15. The Morgan fingerprint density at radius 1 is 1.59 bits per heavy atom. The molecule has 0 saturated carbocycles. The largest absolute Gasteiger partial charge is 0.396 e. The molecule has 1 rings (SSSR count). The summed E-state index contributed by atoms with van der Waals surface area (Å²) in [5, 5.41) is 8.98. The van der Waals surface area contributed by atoms with E-state index >= 15 is 0 Å². The van der Waals surface area contributed by atoms with E-state index in [2.05, 4.69) is 0 Å². The van der Waals surface area contributed by atoms with Crippen molar-refractivity contribution in [2.75, 3.05) is 12.3 Å². The van der Waals surface area contributed by atoms with Crippen molar-refractivity contribution in [1.82, 2.24) is 4.72 Å². The van der Waals surface area contributed by atoms with Gasteiger partial charge in [-0.2, -0.15) is 0 Å². The molecule has 1 unspecified atom stereocenters. The molecule has 0 heterocycles. The summed E-state index contributed by atoms with van der Waals surface area (Å²) in [5.41, 5.74) is 4.92. The number of hydrogen-bond acceptors (Lipinski definition) is 4. The second kappa shape index (κ2) is 5.18. The highest BCUT2D eigenvalue weighted by Gasteiger charge is 2.21. The van der Waals surface area contributed by atoms with Crippen LogP contribution in [0.5, 0.6) is 0 Å². The third-order valence-corrected chi connectivity index (χ3v) is 3.53. The zero-order valence-corrected chi connectivity index (χ0v) is 10.5. The maximum Gasteiger partial charge on any atom is 0.243 e. The van der Waals surface area contributed by atoms with Gasteiger partial charge >= 0.3 is 0 Å². The zero-order chi connectivity index (χ0) is 13.2. The number of benzene rings is 1. The predicted molar refractivity (Wildman–Crippen MR) is 62.7 cm³/mol.